The minimum absolute atomic E-state index is 0.332. The Hall–Kier alpha value is -0.820. The summed E-state index contributed by atoms with van der Waals surface area (Å²) in [5.41, 5.74) is 4.72. The second kappa shape index (κ2) is 3.59. The highest BCUT2D eigenvalue weighted by atomic mass is 15.0. The third kappa shape index (κ3) is 1.49. The molecule has 0 aromatic heterocycles. The van der Waals surface area contributed by atoms with Crippen LogP contribution in [-0.4, -0.2) is 6.54 Å². The molecule has 1 heteroatoms. The fourth-order valence-corrected chi connectivity index (χ4v) is 3.19. The molecule has 16 heavy (non-hydrogen) atoms. The van der Waals surface area contributed by atoms with Gasteiger partial charge in [-0.1, -0.05) is 18.2 Å². The quantitative estimate of drug-likeness (QED) is 0.798. The first-order valence-electron chi connectivity index (χ1n) is 6.55. The number of nitrogens with one attached hydrogen (secondary N) is 1. The van der Waals surface area contributed by atoms with Crippen LogP contribution in [0.15, 0.2) is 18.2 Å². The molecule has 1 saturated carbocycles. The van der Waals surface area contributed by atoms with Crippen LogP contribution in [0.2, 0.25) is 0 Å². The topological polar surface area (TPSA) is 12.0 Å². The minimum atomic E-state index is 0.332. The van der Waals surface area contributed by atoms with Crippen molar-refractivity contribution in [3.63, 3.8) is 0 Å². The van der Waals surface area contributed by atoms with Gasteiger partial charge in [-0.15, -0.1) is 0 Å². The predicted octanol–water partition coefficient (Wildman–Crippen LogP) is 3.29. The zero-order valence-corrected chi connectivity index (χ0v) is 10.3. The van der Waals surface area contributed by atoms with Crippen molar-refractivity contribution in [2.24, 2.45) is 5.92 Å². The van der Waals surface area contributed by atoms with Crippen molar-refractivity contribution >= 4 is 0 Å². The van der Waals surface area contributed by atoms with Crippen molar-refractivity contribution in [2.45, 2.75) is 45.1 Å². The summed E-state index contributed by atoms with van der Waals surface area (Å²) in [7, 11) is 0. The Labute approximate surface area is 98.3 Å². The summed E-state index contributed by atoms with van der Waals surface area (Å²) in [6.07, 6.45) is 5.50. The average Bonchev–Trinajstić information content (AvgIpc) is 3.02. The molecule has 1 unspecified atom stereocenters. The van der Waals surface area contributed by atoms with Crippen LogP contribution in [0.1, 0.15) is 42.4 Å². The maximum atomic E-state index is 3.80. The van der Waals surface area contributed by atoms with Crippen LogP contribution in [0.25, 0.3) is 0 Å². The van der Waals surface area contributed by atoms with Crippen molar-refractivity contribution < 1.29 is 0 Å². The lowest BCUT2D eigenvalue weighted by atomic mass is 9.82. The summed E-state index contributed by atoms with van der Waals surface area (Å²) in [6.45, 7) is 5.63. The molecule has 1 N–H and O–H groups in total. The Morgan fingerprint density at radius 1 is 1.19 bits per heavy atom. The molecule has 2 aliphatic rings. The minimum Gasteiger partial charge on any atom is -0.307 e. The molecule has 0 bridgehead atoms. The lowest BCUT2D eigenvalue weighted by Crippen LogP contribution is -2.39. The van der Waals surface area contributed by atoms with Crippen molar-refractivity contribution in [1.29, 1.82) is 0 Å². The number of benzene rings is 1. The molecule has 1 atom stereocenters. The van der Waals surface area contributed by atoms with E-state index in [0.717, 1.165) is 5.92 Å². The van der Waals surface area contributed by atoms with Crippen molar-refractivity contribution in [1.82, 2.24) is 5.32 Å². The third-order valence-electron chi connectivity index (χ3n) is 4.48. The standard InChI is InChI=1S/C15H21N/c1-11-4-5-14(10-12(11)2)15(13-6-7-13)8-3-9-16-15/h4-5,10,13,16H,3,6-9H2,1-2H3. The highest BCUT2D eigenvalue weighted by Crippen LogP contribution is 2.50. The number of hydrogen-bond donors (Lipinski definition) is 1. The van der Waals surface area contributed by atoms with Gasteiger partial charge in [0.1, 0.15) is 0 Å². The molecule has 86 valence electrons. The van der Waals surface area contributed by atoms with E-state index >= 15 is 0 Å². The van der Waals surface area contributed by atoms with Crippen LogP contribution in [0.4, 0.5) is 0 Å². The van der Waals surface area contributed by atoms with Crippen LogP contribution in [0.3, 0.4) is 0 Å². The summed E-state index contributed by atoms with van der Waals surface area (Å²) < 4.78 is 0. The summed E-state index contributed by atoms with van der Waals surface area (Å²) in [5, 5.41) is 3.80. The summed E-state index contributed by atoms with van der Waals surface area (Å²) in [4.78, 5) is 0. The number of aryl methyl sites for hydroxylation is 2. The molecule has 1 aliphatic carbocycles. The van der Waals surface area contributed by atoms with Crippen LogP contribution in [-0.2, 0) is 5.54 Å². The highest BCUT2D eigenvalue weighted by Gasteiger charge is 2.47. The van der Waals surface area contributed by atoms with Crippen molar-refractivity contribution in [3.05, 3.63) is 34.9 Å². The van der Waals surface area contributed by atoms with E-state index in [9.17, 15) is 0 Å². The molecule has 1 aromatic carbocycles. The van der Waals surface area contributed by atoms with Gasteiger partial charge in [0.25, 0.3) is 0 Å². The predicted molar refractivity (Wildman–Crippen MR) is 67.6 cm³/mol. The Morgan fingerprint density at radius 2 is 2.00 bits per heavy atom. The molecule has 0 spiro atoms. The van der Waals surface area contributed by atoms with Gasteiger partial charge in [-0.3, -0.25) is 0 Å². The third-order valence-corrected chi connectivity index (χ3v) is 4.48. The Bertz CT molecular complexity index is 398. The maximum Gasteiger partial charge on any atom is 0.0463 e. The molecule has 1 aliphatic heterocycles. The van der Waals surface area contributed by atoms with E-state index in [-0.39, 0.29) is 0 Å². The van der Waals surface area contributed by atoms with Crippen molar-refractivity contribution in [3.8, 4) is 0 Å². The second-order valence-corrected chi connectivity index (χ2v) is 5.57. The Morgan fingerprint density at radius 3 is 2.56 bits per heavy atom. The molecular weight excluding hydrogens is 194 g/mol. The zero-order valence-electron chi connectivity index (χ0n) is 10.3. The molecular formula is C15H21N. The van der Waals surface area contributed by atoms with Gasteiger partial charge in [-0.2, -0.15) is 0 Å². The largest absolute Gasteiger partial charge is 0.307 e. The molecule has 1 heterocycles. The van der Waals surface area contributed by atoms with Crippen LogP contribution >= 0.6 is 0 Å². The van der Waals surface area contributed by atoms with Gasteiger partial charge >= 0.3 is 0 Å². The van der Waals surface area contributed by atoms with Crippen LogP contribution in [0.5, 0.6) is 0 Å². The van der Waals surface area contributed by atoms with E-state index in [4.69, 9.17) is 0 Å². The van der Waals surface area contributed by atoms with Crippen molar-refractivity contribution in [2.75, 3.05) is 6.54 Å². The van der Waals surface area contributed by atoms with E-state index < -0.39 is 0 Å². The normalized spacial score (nSPS) is 29.6. The average molecular weight is 215 g/mol. The SMILES string of the molecule is Cc1ccc(C2(C3CC3)CCCN2)cc1C. The number of rotatable bonds is 2. The first kappa shape index (κ1) is 10.3. The summed E-state index contributed by atoms with van der Waals surface area (Å²) in [6, 6.07) is 7.04. The smallest absolute Gasteiger partial charge is 0.0463 e. The molecule has 1 aromatic rings. The fraction of sp³-hybridized carbons (Fsp3) is 0.600. The van der Waals surface area contributed by atoms with Gasteiger partial charge in [0, 0.05) is 5.54 Å². The first-order valence-corrected chi connectivity index (χ1v) is 6.55. The Balaban J connectivity index is 2.02. The maximum absolute atomic E-state index is 3.80. The second-order valence-electron chi connectivity index (χ2n) is 5.57. The van der Waals surface area contributed by atoms with E-state index in [1.807, 2.05) is 0 Å². The van der Waals surface area contributed by atoms with Gasteiger partial charge in [0.05, 0.1) is 0 Å². The Kier molecular flexibility index (Phi) is 2.32. The molecule has 0 radical (unpaired) electrons. The van der Waals surface area contributed by atoms with Gasteiger partial charge in [0.2, 0.25) is 0 Å². The van der Waals surface area contributed by atoms with E-state index in [0.29, 0.717) is 5.54 Å². The van der Waals surface area contributed by atoms with E-state index in [1.165, 1.54) is 48.9 Å². The summed E-state index contributed by atoms with van der Waals surface area (Å²) >= 11 is 0. The van der Waals surface area contributed by atoms with Gasteiger partial charge in [-0.25, -0.2) is 0 Å². The first-order chi connectivity index (χ1) is 7.72. The fourth-order valence-electron chi connectivity index (χ4n) is 3.19. The monoisotopic (exact) mass is 215 g/mol. The van der Waals surface area contributed by atoms with E-state index in [2.05, 4.69) is 37.4 Å². The molecule has 3 rings (SSSR count). The molecule has 0 amide bonds. The van der Waals surface area contributed by atoms with Gasteiger partial charge < -0.3 is 5.32 Å². The molecule has 2 fully saturated rings. The highest BCUT2D eigenvalue weighted by molar-refractivity contribution is 5.36. The summed E-state index contributed by atoms with van der Waals surface area (Å²) in [5.74, 6) is 0.900. The van der Waals surface area contributed by atoms with Gasteiger partial charge in [0.15, 0.2) is 0 Å². The van der Waals surface area contributed by atoms with Gasteiger partial charge in [-0.05, 0) is 68.7 Å². The molecule has 1 nitrogen and oxygen atoms in total. The zero-order chi connectivity index (χ0) is 11.2. The molecule has 1 saturated heterocycles. The van der Waals surface area contributed by atoms with Crippen LogP contribution in [0, 0.1) is 19.8 Å². The van der Waals surface area contributed by atoms with E-state index in [1.54, 1.807) is 0 Å². The van der Waals surface area contributed by atoms with Crippen LogP contribution < -0.4 is 5.32 Å². The lowest BCUT2D eigenvalue weighted by Gasteiger charge is -2.31. The number of hydrogen-bond acceptors (Lipinski definition) is 1. The lowest BCUT2D eigenvalue weighted by molar-refractivity contribution is 0.336.